The van der Waals surface area contributed by atoms with Gasteiger partial charge in [-0.05, 0) is 38.8 Å². The second-order valence-electron chi connectivity index (χ2n) is 5.23. The molecule has 1 heterocycles. The Morgan fingerprint density at radius 2 is 2.00 bits per heavy atom. The van der Waals surface area contributed by atoms with Gasteiger partial charge in [-0.3, -0.25) is 4.68 Å². The number of aryl methyl sites for hydroxylation is 2. The van der Waals surface area contributed by atoms with Gasteiger partial charge in [-0.15, -0.1) is 0 Å². The SMILES string of the molecule is COc1ccccc1CC(C)Nc1c(C)nn(C)c1C. The van der Waals surface area contributed by atoms with Crippen LogP contribution in [0.1, 0.15) is 23.9 Å². The van der Waals surface area contributed by atoms with Crippen LogP contribution >= 0.6 is 0 Å². The monoisotopic (exact) mass is 273 g/mol. The van der Waals surface area contributed by atoms with Gasteiger partial charge in [-0.2, -0.15) is 5.10 Å². The molecule has 1 atom stereocenters. The van der Waals surface area contributed by atoms with E-state index in [9.17, 15) is 0 Å². The number of nitrogens with one attached hydrogen (secondary N) is 1. The van der Waals surface area contributed by atoms with E-state index in [1.165, 1.54) is 5.56 Å². The number of para-hydroxylation sites is 1. The van der Waals surface area contributed by atoms with Crippen LogP contribution in [-0.4, -0.2) is 22.9 Å². The van der Waals surface area contributed by atoms with E-state index in [4.69, 9.17) is 4.74 Å². The molecule has 1 aromatic carbocycles. The molecular weight excluding hydrogens is 250 g/mol. The predicted octanol–water partition coefficient (Wildman–Crippen LogP) is 3.09. The first kappa shape index (κ1) is 14.4. The summed E-state index contributed by atoms with van der Waals surface area (Å²) in [7, 11) is 3.69. The summed E-state index contributed by atoms with van der Waals surface area (Å²) in [5.74, 6) is 0.945. The minimum absolute atomic E-state index is 0.313. The van der Waals surface area contributed by atoms with Crippen molar-refractivity contribution < 1.29 is 4.74 Å². The normalized spacial score (nSPS) is 12.2. The van der Waals surface area contributed by atoms with Crippen LogP contribution in [0.3, 0.4) is 0 Å². The largest absolute Gasteiger partial charge is 0.496 e. The Balaban J connectivity index is 2.11. The van der Waals surface area contributed by atoms with E-state index in [2.05, 4.69) is 30.3 Å². The average Bonchev–Trinajstić information content (AvgIpc) is 2.66. The lowest BCUT2D eigenvalue weighted by molar-refractivity contribution is 0.409. The number of hydrogen-bond acceptors (Lipinski definition) is 3. The molecule has 0 amide bonds. The third-order valence-electron chi connectivity index (χ3n) is 3.62. The van der Waals surface area contributed by atoms with Gasteiger partial charge in [0.2, 0.25) is 0 Å². The summed E-state index contributed by atoms with van der Waals surface area (Å²) in [6, 6.07) is 8.47. The molecule has 1 aromatic heterocycles. The average molecular weight is 273 g/mol. The second kappa shape index (κ2) is 5.99. The molecule has 108 valence electrons. The summed E-state index contributed by atoms with van der Waals surface area (Å²) in [5.41, 5.74) is 4.55. The van der Waals surface area contributed by atoms with E-state index >= 15 is 0 Å². The number of methoxy groups -OCH3 is 1. The van der Waals surface area contributed by atoms with Crippen LogP contribution in [0.15, 0.2) is 24.3 Å². The topological polar surface area (TPSA) is 39.1 Å². The van der Waals surface area contributed by atoms with Gasteiger partial charge in [-0.25, -0.2) is 0 Å². The molecule has 0 saturated heterocycles. The molecule has 0 aliphatic carbocycles. The summed E-state index contributed by atoms with van der Waals surface area (Å²) in [5, 5.41) is 7.99. The molecule has 2 rings (SSSR count). The van der Waals surface area contributed by atoms with Crippen molar-refractivity contribution in [3.05, 3.63) is 41.2 Å². The maximum atomic E-state index is 5.40. The molecule has 20 heavy (non-hydrogen) atoms. The number of nitrogens with zero attached hydrogens (tertiary/aromatic N) is 2. The third kappa shape index (κ3) is 2.95. The molecule has 0 radical (unpaired) electrons. The first-order valence-corrected chi connectivity index (χ1v) is 6.91. The molecule has 0 spiro atoms. The van der Waals surface area contributed by atoms with Gasteiger partial charge in [0.1, 0.15) is 5.75 Å². The Morgan fingerprint density at radius 1 is 1.30 bits per heavy atom. The van der Waals surface area contributed by atoms with E-state index < -0.39 is 0 Å². The molecule has 1 unspecified atom stereocenters. The van der Waals surface area contributed by atoms with Crippen molar-refractivity contribution in [3.63, 3.8) is 0 Å². The van der Waals surface area contributed by atoms with Gasteiger partial charge in [0, 0.05) is 13.1 Å². The first-order chi connectivity index (χ1) is 9.52. The van der Waals surface area contributed by atoms with Crippen molar-refractivity contribution in [3.8, 4) is 5.75 Å². The number of hydrogen-bond donors (Lipinski definition) is 1. The molecule has 0 fully saturated rings. The van der Waals surface area contributed by atoms with Gasteiger partial charge >= 0.3 is 0 Å². The van der Waals surface area contributed by atoms with Crippen molar-refractivity contribution in [1.29, 1.82) is 0 Å². The zero-order valence-electron chi connectivity index (χ0n) is 12.9. The zero-order valence-corrected chi connectivity index (χ0v) is 12.9. The summed E-state index contributed by atoms with van der Waals surface area (Å²) in [6.07, 6.45) is 0.914. The van der Waals surface area contributed by atoms with Crippen LogP contribution < -0.4 is 10.1 Å². The van der Waals surface area contributed by atoms with Gasteiger partial charge in [0.25, 0.3) is 0 Å². The molecule has 2 aromatic rings. The van der Waals surface area contributed by atoms with Crippen molar-refractivity contribution in [2.75, 3.05) is 12.4 Å². The van der Waals surface area contributed by atoms with Crippen LogP contribution in [0, 0.1) is 13.8 Å². The van der Waals surface area contributed by atoms with Crippen molar-refractivity contribution >= 4 is 5.69 Å². The molecular formula is C16H23N3O. The van der Waals surface area contributed by atoms with Crippen LogP contribution in [0.4, 0.5) is 5.69 Å². The highest BCUT2D eigenvalue weighted by Crippen LogP contribution is 2.23. The lowest BCUT2D eigenvalue weighted by Gasteiger charge is -2.17. The molecule has 4 heteroatoms. The minimum atomic E-state index is 0.313. The van der Waals surface area contributed by atoms with Crippen molar-refractivity contribution in [2.45, 2.75) is 33.2 Å². The fraction of sp³-hybridized carbons (Fsp3) is 0.438. The Kier molecular flexibility index (Phi) is 4.32. The van der Waals surface area contributed by atoms with Crippen molar-refractivity contribution in [1.82, 2.24) is 9.78 Å². The van der Waals surface area contributed by atoms with Crippen LogP contribution in [0.2, 0.25) is 0 Å². The Hall–Kier alpha value is -1.97. The molecule has 0 bridgehead atoms. The third-order valence-corrected chi connectivity index (χ3v) is 3.62. The van der Waals surface area contributed by atoms with Crippen LogP contribution in [0.25, 0.3) is 0 Å². The standard InChI is InChI=1S/C16H23N3O/c1-11(10-14-8-6-7-9-15(14)20-5)17-16-12(2)18-19(4)13(16)3/h6-9,11,17H,10H2,1-5H3. The zero-order chi connectivity index (χ0) is 14.7. The molecule has 4 nitrogen and oxygen atoms in total. The summed E-state index contributed by atoms with van der Waals surface area (Å²) in [4.78, 5) is 0. The van der Waals surface area contributed by atoms with Gasteiger partial charge in [0.05, 0.1) is 24.2 Å². The van der Waals surface area contributed by atoms with E-state index in [-0.39, 0.29) is 0 Å². The number of benzene rings is 1. The van der Waals surface area contributed by atoms with Gasteiger partial charge in [-0.1, -0.05) is 18.2 Å². The first-order valence-electron chi connectivity index (χ1n) is 6.91. The fourth-order valence-corrected chi connectivity index (χ4v) is 2.48. The molecule has 0 aliphatic rings. The van der Waals surface area contributed by atoms with Crippen LogP contribution in [-0.2, 0) is 13.5 Å². The van der Waals surface area contributed by atoms with Crippen molar-refractivity contribution in [2.24, 2.45) is 7.05 Å². The lowest BCUT2D eigenvalue weighted by Crippen LogP contribution is -2.19. The number of aromatic nitrogens is 2. The quantitative estimate of drug-likeness (QED) is 0.910. The van der Waals surface area contributed by atoms with Crippen LogP contribution in [0.5, 0.6) is 5.75 Å². The smallest absolute Gasteiger partial charge is 0.122 e. The number of ether oxygens (including phenoxy) is 1. The van der Waals surface area contributed by atoms with Gasteiger partial charge < -0.3 is 10.1 Å². The van der Waals surface area contributed by atoms with E-state index in [1.54, 1.807) is 7.11 Å². The summed E-state index contributed by atoms with van der Waals surface area (Å²) >= 11 is 0. The maximum Gasteiger partial charge on any atom is 0.122 e. The van der Waals surface area contributed by atoms with E-state index in [1.807, 2.05) is 36.9 Å². The fourth-order valence-electron chi connectivity index (χ4n) is 2.48. The molecule has 0 saturated carbocycles. The van der Waals surface area contributed by atoms with E-state index in [0.29, 0.717) is 6.04 Å². The highest BCUT2D eigenvalue weighted by atomic mass is 16.5. The number of anilines is 1. The summed E-state index contributed by atoms with van der Waals surface area (Å²) < 4.78 is 7.31. The number of rotatable bonds is 5. The predicted molar refractivity (Wildman–Crippen MR) is 82.5 cm³/mol. The Labute approximate surface area is 120 Å². The minimum Gasteiger partial charge on any atom is -0.496 e. The Morgan fingerprint density at radius 3 is 2.60 bits per heavy atom. The molecule has 1 N–H and O–H groups in total. The molecule has 0 aliphatic heterocycles. The highest BCUT2D eigenvalue weighted by molar-refractivity contribution is 5.53. The second-order valence-corrected chi connectivity index (χ2v) is 5.23. The highest BCUT2D eigenvalue weighted by Gasteiger charge is 2.13. The maximum absolute atomic E-state index is 5.40. The van der Waals surface area contributed by atoms with E-state index in [0.717, 1.165) is 29.2 Å². The van der Waals surface area contributed by atoms with Gasteiger partial charge in [0.15, 0.2) is 0 Å². The Bertz CT molecular complexity index is 589. The lowest BCUT2D eigenvalue weighted by atomic mass is 10.1. The summed E-state index contributed by atoms with van der Waals surface area (Å²) in [6.45, 7) is 6.29.